The van der Waals surface area contributed by atoms with E-state index in [1.807, 2.05) is 28.9 Å². The number of hydrogen-bond acceptors (Lipinski definition) is 4. The van der Waals surface area contributed by atoms with Crippen LogP contribution in [0.4, 0.5) is 11.6 Å². The Labute approximate surface area is 123 Å². The van der Waals surface area contributed by atoms with Crippen molar-refractivity contribution in [3.8, 4) is 0 Å². The zero-order valence-corrected chi connectivity index (χ0v) is 12.0. The molecular formula is C16H17N5. The van der Waals surface area contributed by atoms with Gasteiger partial charge in [0.15, 0.2) is 5.65 Å². The van der Waals surface area contributed by atoms with Crippen LogP contribution in [0, 0.1) is 6.92 Å². The molecule has 0 unspecified atom stereocenters. The van der Waals surface area contributed by atoms with Crippen LogP contribution in [-0.4, -0.2) is 21.1 Å². The molecule has 21 heavy (non-hydrogen) atoms. The molecule has 0 atom stereocenters. The average Bonchev–Trinajstić information content (AvgIpc) is 2.90. The third-order valence-corrected chi connectivity index (χ3v) is 4.05. The lowest BCUT2D eigenvalue weighted by Gasteiger charge is -2.28. The number of aromatic nitrogens is 3. The highest BCUT2D eigenvalue weighted by Gasteiger charge is 2.21. The summed E-state index contributed by atoms with van der Waals surface area (Å²) >= 11 is 0. The molecule has 0 fully saturated rings. The fourth-order valence-corrected chi connectivity index (χ4v) is 2.92. The molecule has 0 saturated carbocycles. The van der Waals surface area contributed by atoms with E-state index in [0.717, 1.165) is 36.8 Å². The molecule has 5 nitrogen and oxygen atoms in total. The van der Waals surface area contributed by atoms with Gasteiger partial charge in [0.2, 0.25) is 5.95 Å². The molecule has 3 aromatic rings. The van der Waals surface area contributed by atoms with E-state index in [0.29, 0.717) is 0 Å². The number of nitrogen functional groups attached to an aromatic ring is 1. The second-order valence-electron chi connectivity index (χ2n) is 5.58. The van der Waals surface area contributed by atoms with Crippen molar-refractivity contribution < 1.29 is 0 Å². The maximum Gasteiger partial charge on any atom is 0.245 e. The molecule has 5 heteroatoms. The SMILES string of the molecule is Cc1ccc2nc(N3CCc4c(N)cccc4C3)nn2c1. The summed E-state index contributed by atoms with van der Waals surface area (Å²) in [6, 6.07) is 10.2. The number of nitrogens with zero attached hydrogens (tertiary/aromatic N) is 4. The van der Waals surface area contributed by atoms with Crippen molar-refractivity contribution in [3.05, 3.63) is 53.2 Å². The number of anilines is 2. The Morgan fingerprint density at radius 1 is 1.19 bits per heavy atom. The zero-order chi connectivity index (χ0) is 14.4. The average molecular weight is 279 g/mol. The van der Waals surface area contributed by atoms with Crippen LogP contribution >= 0.6 is 0 Å². The minimum Gasteiger partial charge on any atom is -0.398 e. The first-order valence-electron chi connectivity index (χ1n) is 7.15. The molecule has 0 saturated heterocycles. The molecule has 2 aromatic heterocycles. The Morgan fingerprint density at radius 3 is 3.00 bits per heavy atom. The van der Waals surface area contributed by atoms with Gasteiger partial charge in [-0.2, -0.15) is 4.98 Å². The van der Waals surface area contributed by atoms with Crippen molar-refractivity contribution in [2.75, 3.05) is 17.2 Å². The second-order valence-corrected chi connectivity index (χ2v) is 5.58. The lowest BCUT2D eigenvalue weighted by molar-refractivity contribution is 0.707. The Bertz CT molecular complexity index is 821. The van der Waals surface area contributed by atoms with Crippen LogP contribution in [-0.2, 0) is 13.0 Å². The van der Waals surface area contributed by atoms with E-state index < -0.39 is 0 Å². The molecule has 0 amide bonds. The first-order chi connectivity index (χ1) is 10.2. The molecule has 1 aliphatic heterocycles. The van der Waals surface area contributed by atoms with Crippen LogP contribution in [0.2, 0.25) is 0 Å². The highest BCUT2D eigenvalue weighted by molar-refractivity contribution is 5.55. The highest BCUT2D eigenvalue weighted by Crippen LogP contribution is 2.26. The van der Waals surface area contributed by atoms with E-state index in [4.69, 9.17) is 5.73 Å². The standard InChI is InChI=1S/C16H17N5/c1-11-5-6-15-18-16(19-21(15)9-11)20-8-7-13-12(10-20)3-2-4-14(13)17/h2-6,9H,7-8,10,17H2,1H3. The summed E-state index contributed by atoms with van der Waals surface area (Å²) in [6.45, 7) is 3.77. The summed E-state index contributed by atoms with van der Waals surface area (Å²) in [5, 5.41) is 4.59. The van der Waals surface area contributed by atoms with Crippen LogP contribution in [0.3, 0.4) is 0 Å². The van der Waals surface area contributed by atoms with Crippen molar-refractivity contribution in [2.24, 2.45) is 0 Å². The summed E-state index contributed by atoms with van der Waals surface area (Å²) in [5.41, 5.74) is 11.5. The maximum absolute atomic E-state index is 6.05. The van der Waals surface area contributed by atoms with E-state index in [2.05, 4.69) is 34.0 Å². The van der Waals surface area contributed by atoms with Crippen molar-refractivity contribution >= 4 is 17.3 Å². The van der Waals surface area contributed by atoms with Gasteiger partial charge in [-0.05, 0) is 42.2 Å². The number of benzene rings is 1. The van der Waals surface area contributed by atoms with Crippen LogP contribution < -0.4 is 10.6 Å². The molecular weight excluding hydrogens is 262 g/mol. The van der Waals surface area contributed by atoms with Crippen LogP contribution in [0.15, 0.2) is 36.5 Å². The summed E-state index contributed by atoms with van der Waals surface area (Å²) in [5.74, 6) is 0.786. The first kappa shape index (κ1) is 12.2. The smallest absolute Gasteiger partial charge is 0.245 e. The van der Waals surface area contributed by atoms with Crippen LogP contribution in [0.5, 0.6) is 0 Å². The van der Waals surface area contributed by atoms with Gasteiger partial charge in [-0.3, -0.25) is 0 Å². The van der Waals surface area contributed by atoms with Crippen LogP contribution in [0.1, 0.15) is 16.7 Å². The van der Waals surface area contributed by atoms with Gasteiger partial charge in [-0.25, -0.2) is 4.52 Å². The van der Waals surface area contributed by atoms with E-state index in [1.54, 1.807) is 0 Å². The van der Waals surface area contributed by atoms with E-state index in [1.165, 1.54) is 16.7 Å². The number of nitrogens with two attached hydrogens (primary N) is 1. The Hall–Kier alpha value is -2.56. The predicted octanol–water partition coefficient (Wildman–Crippen LogP) is 2.18. The monoisotopic (exact) mass is 279 g/mol. The van der Waals surface area contributed by atoms with Gasteiger partial charge in [-0.15, -0.1) is 5.10 Å². The molecule has 0 aliphatic carbocycles. The third kappa shape index (κ3) is 2.01. The molecule has 3 heterocycles. The van der Waals surface area contributed by atoms with Gasteiger partial charge in [0.05, 0.1) is 0 Å². The molecule has 4 rings (SSSR count). The van der Waals surface area contributed by atoms with Crippen LogP contribution in [0.25, 0.3) is 5.65 Å². The number of hydrogen-bond donors (Lipinski definition) is 1. The Balaban J connectivity index is 1.70. The third-order valence-electron chi connectivity index (χ3n) is 4.05. The molecule has 2 N–H and O–H groups in total. The number of pyridine rings is 1. The van der Waals surface area contributed by atoms with Crippen molar-refractivity contribution in [3.63, 3.8) is 0 Å². The molecule has 1 aromatic carbocycles. The van der Waals surface area contributed by atoms with Crippen molar-refractivity contribution in [2.45, 2.75) is 19.9 Å². The second kappa shape index (κ2) is 4.48. The summed E-state index contributed by atoms with van der Waals surface area (Å²) < 4.78 is 1.85. The van der Waals surface area contributed by atoms with Gasteiger partial charge in [0.1, 0.15) is 0 Å². The van der Waals surface area contributed by atoms with E-state index >= 15 is 0 Å². The lowest BCUT2D eigenvalue weighted by atomic mass is 9.98. The number of aryl methyl sites for hydroxylation is 1. The topological polar surface area (TPSA) is 59.5 Å². The minimum atomic E-state index is 0.786. The van der Waals surface area contributed by atoms with Gasteiger partial charge >= 0.3 is 0 Å². The fraction of sp³-hybridized carbons (Fsp3) is 0.250. The number of fused-ring (bicyclic) bond motifs is 2. The summed E-state index contributed by atoms with van der Waals surface area (Å²) in [4.78, 5) is 6.83. The quantitative estimate of drug-likeness (QED) is 0.694. The normalized spacial score (nSPS) is 14.4. The van der Waals surface area contributed by atoms with Gasteiger partial charge < -0.3 is 10.6 Å². The van der Waals surface area contributed by atoms with Gasteiger partial charge in [0, 0.05) is 25.0 Å². The number of rotatable bonds is 1. The lowest BCUT2D eigenvalue weighted by Crippen LogP contribution is -2.31. The van der Waals surface area contributed by atoms with Gasteiger partial charge in [-0.1, -0.05) is 18.2 Å². The molecule has 0 bridgehead atoms. The Kier molecular flexibility index (Phi) is 2.60. The van der Waals surface area contributed by atoms with E-state index in [-0.39, 0.29) is 0 Å². The maximum atomic E-state index is 6.05. The minimum absolute atomic E-state index is 0.786. The largest absolute Gasteiger partial charge is 0.398 e. The first-order valence-corrected chi connectivity index (χ1v) is 7.15. The molecule has 0 radical (unpaired) electrons. The highest BCUT2D eigenvalue weighted by atomic mass is 15.4. The predicted molar refractivity (Wildman–Crippen MR) is 83.3 cm³/mol. The molecule has 106 valence electrons. The summed E-state index contributed by atoms with van der Waals surface area (Å²) in [6.07, 6.45) is 2.94. The molecule has 0 spiro atoms. The molecule has 1 aliphatic rings. The fourth-order valence-electron chi connectivity index (χ4n) is 2.92. The van der Waals surface area contributed by atoms with E-state index in [9.17, 15) is 0 Å². The zero-order valence-electron chi connectivity index (χ0n) is 12.0. The van der Waals surface area contributed by atoms with Crippen molar-refractivity contribution in [1.82, 2.24) is 14.6 Å². The summed E-state index contributed by atoms with van der Waals surface area (Å²) in [7, 11) is 0. The van der Waals surface area contributed by atoms with Crippen molar-refractivity contribution in [1.29, 1.82) is 0 Å². The van der Waals surface area contributed by atoms with Gasteiger partial charge in [0.25, 0.3) is 0 Å². The Morgan fingerprint density at radius 2 is 2.10 bits per heavy atom.